The van der Waals surface area contributed by atoms with Gasteiger partial charge in [0.1, 0.15) is 0 Å². The maximum Gasteiger partial charge on any atom is 0.227 e. The second kappa shape index (κ2) is 8.45. The maximum absolute atomic E-state index is 12.8. The van der Waals surface area contributed by atoms with Gasteiger partial charge < -0.3 is 10.2 Å². The zero-order valence-corrected chi connectivity index (χ0v) is 17.3. The van der Waals surface area contributed by atoms with Crippen molar-refractivity contribution < 1.29 is 9.59 Å². The molecule has 1 atom stereocenters. The van der Waals surface area contributed by atoms with Crippen LogP contribution in [0, 0.1) is 38.5 Å². The minimum absolute atomic E-state index is 0.0226. The molecular formula is C23H34N2O2. The van der Waals surface area contributed by atoms with E-state index in [0.717, 1.165) is 62.0 Å². The van der Waals surface area contributed by atoms with Crippen LogP contribution in [-0.4, -0.2) is 29.8 Å². The van der Waals surface area contributed by atoms with Gasteiger partial charge in [0.2, 0.25) is 11.8 Å². The first-order chi connectivity index (χ1) is 12.8. The van der Waals surface area contributed by atoms with Crippen molar-refractivity contribution in [2.75, 3.05) is 18.4 Å². The highest BCUT2D eigenvalue weighted by atomic mass is 16.2. The number of likely N-dealkylation sites (tertiary alicyclic amines) is 1. The van der Waals surface area contributed by atoms with Gasteiger partial charge in [0.25, 0.3) is 0 Å². The number of nitrogens with one attached hydrogen (secondary N) is 1. The van der Waals surface area contributed by atoms with Crippen LogP contribution in [0.2, 0.25) is 0 Å². The van der Waals surface area contributed by atoms with Crippen LogP contribution in [-0.2, 0) is 9.59 Å². The van der Waals surface area contributed by atoms with Crippen molar-refractivity contribution in [3.8, 4) is 0 Å². The number of piperidine rings is 1. The minimum Gasteiger partial charge on any atom is -0.342 e. The highest BCUT2D eigenvalue weighted by Crippen LogP contribution is 2.32. The van der Waals surface area contributed by atoms with E-state index in [9.17, 15) is 9.59 Å². The topological polar surface area (TPSA) is 49.4 Å². The zero-order valence-electron chi connectivity index (χ0n) is 17.3. The maximum atomic E-state index is 12.8. The number of rotatable bonds is 3. The summed E-state index contributed by atoms with van der Waals surface area (Å²) in [5.41, 5.74) is 4.40. The Hall–Kier alpha value is -1.84. The van der Waals surface area contributed by atoms with Crippen LogP contribution in [0.1, 0.15) is 62.1 Å². The third-order valence-corrected chi connectivity index (χ3v) is 6.34. The van der Waals surface area contributed by atoms with Crippen LogP contribution in [0.5, 0.6) is 0 Å². The first kappa shape index (κ1) is 19.9. The SMILES string of the molecule is Cc1cc(C)c(NC(=O)C2CCC(C(=O)N3CCCC(C)C3)CC2)c(C)c1. The van der Waals surface area contributed by atoms with Gasteiger partial charge in [0, 0.05) is 30.6 Å². The molecule has 0 aromatic heterocycles. The first-order valence-corrected chi connectivity index (χ1v) is 10.5. The molecule has 4 nitrogen and oxygen atoms in total. The standard InChI is InChI=1S/C23H34N2O2/c1-15-6-5-11-25(14-15)23(27)20-9-7-19(8-10-20)22(26)24-21-17(3)12-16(2)13-18(21)4/h12-13,15,19-20H,5-11,14H2,1-4H3,(H,24,26). The Morgan fingerprint density at radius 3 is 2.15 bits per heavy atom. The lowest BCUT2D eigenvalue weighted by molar-refractivity contribution is -0.139. The van der Waals surface area contributed by atoms with Gasteiger partial charge in [-0.15, -0.1) is 0 Å². The second-order valence-electron chi connectivity index (χ2n) is 8.84. The highest BCUT2D eigenvalue weighted by Gasteiger charge is 2.33. The molecule has 1 N–H and O–H groups in total. The number of carbonyl (C=O) groups excluding carboxylic acids is 2. The van der Waals surface area contributed by atoms with Gasteiger partial charge in [-0.25, -0.2) is 0 Å². The summed E-state index contributed by atoms with van der Waals surface area (Å²) in [4.78, 5) is 27.7. The molecule has 1 heterocycles. The summed E-state index contributed by atoms with van der Waals surface area (Å²) in [6, 6.07) is 4.22. The van der Waals surface area contributed by atoms with Crippen LogP contribution in [0.4, 0.5) is 5.69 Å². The Balaban J connectivity index is 1.54. The highest BCUT2D eigenvalue weighted by molar-refractivity contribution is 5.94. The lowest BCUT2D eigenvalue weighted by atomic mass is 9.80. The molecule has 1 unspecified atom stereocenters. The van der Waals surface area contributed by atoms with Gasteiger partial charge in [0.15, 0.2) is 0 Å². The molecule has 1 aromatic carbocycles. The van der Waals surface area contributed by atoms with Crippen molar-refractivity contribution in [1.82, 2.24) is 4.90 Å². The molecule has 27 heavy (non-hydrogen) atoms. The van der Waals surface area contributed by atoms with Crippen molar-refractivity contribution in [2.45, 2.75) is 66.2 Å². The van der Waals surface area contributed by atoms with E-state index in [2.05, 4.69) is 36.2 Å². The molecule has 2 fully saturated rings. The lowest BCUT2D eigenvalue weighted by Gasteiger charge is -2.35. The predicted octanol–water partition coefficient (Wildman–Crippen LogP) is 4.62. The summed E-state index contributed by atoms with van der Waals surface area (Å²) in [5, 5.41) is 3.15. The van der Waals surface area contributed by atoms with Crippen molar-refractivity contribution >= 4 is 17.5 Å². The molecule has 1 aliphatic carbocycles. The number of nitrogens with zero attached hydrogens (tertiary/aromatic N) is 1. The van der Waals surface area contributed by atoms with Gasteiger partial charge in [-0.3, -0.25) is 9.59 Å². The normalized spacial score (nSPS) is 25.9. The fourth-order valence-electron chi connectivity index (χ4n) is 4.85. The van der Waals surface area contributed by atoms with Crippen LogP contribution >= 0.6 is 0 Å². The van der Waals surface area contributed by atoms with E-state index in [-0.39, 0.29) is 17.7 Å². The number of carbonyl (C=O) groups is 2. The second-order valence-corrected chi connectivity index (χ2v) is 8.84. The van der Waals surface area contributed by atoms with E-state index in [1.807, 2.05) is 13.8 Å². The molecule has 3 rings (SSSR count). The van der Waals surface area contributed by atoms with Gasteiger partial charge in [0.05, 0.1) is 0 Å². The minimum atomic E-state index is 0.0226. The Labute approximate surface area is 163 Å². The molecule has 2 amide bonds. The number of benzene rings is 1. The van der Waals surface area contributed by atoms with Gasteiger partial charge in [-0.2, -0.15) is 0 Å². The molecular weight excluding hydrogens is 336 g/mol. The summed E-state index contributed by atoms with van der Waals surface area (Å²) in [5.74, 6) is 1.19. The third kappa shape index (κ3) is 4.72. The van der Waals surface area contributed by atoms with E-state index < -0.39 is 0 Å². The molecule has 148 valence electrons. The Kier molecular flexibility index (Phi) is 6.23. The van der Waals surface area contributed by atoms with E-state index in [4.69, 9.17) is 0 Å². The molecule has 0 bridgehead atoms. The van der Waals surface area contributed by atoms with E-state index >= 15 is 0 Å². The van der Waals surface area contributed by atoms with E-state index in [1.54, 1.807) is 0 Å². The van der Waals surface area contributed by atoms with E-state index in [1.165, 1.54) is 12.0 Å². The van der Waals surface area contributed by atoms with Gasteiger partial charge in [-0.1, -0.05) is 24.6 Å². The van der Waals surface area contributed by atoms with Gasteiger partial charge in [-0.05, 0) is 76.3 Å². The average Bonchev–Trinajstić information content (AvgIpc) is 2.64. The first-order valence-electron chi connectivity index (χ1n) is 10.5. The molecule has 1 saturated heterocycles. The number of amides is 2. The molecule has 1 aliphatic heterocycles. The van der Waals surface area contributed by atoms with Crippen LogP contribution < -0.4 is 5.32 Å². The van der Waals surface area contributed by atoms with Crippen molar-refractivity contribution in [3.63, 3.8) is 0 Å². The van der Waals surface area contributed by atoms with Crippen LogP contribution in [0.25, 0.3) is 0 Å². The number of hydrogen-bond acceptors (Lipinski definition) is 2. The smallest absolute Gasteiger partial charge is 0.227 e. The summed E-state index contributed by atoms with van der Waals surface area (Å²) in [7, 11) is 0. The molecule has 4 heteroatoms. The molecule has 1 saturated carbocycles. The molecule has 1 aromatic rings. The number of hydrogen-bond donors (Lipinski definition) is 1. The van der Waals surface area contributed by atoms with Crippen molar-refractivity contribution in [2.24, 2.45) is 17.8 Å². The summed E-state index contributed by atoms with van der Waals surface area (Å²) in [6.45, 7) is 10.2. The van der Waals surface area contributed by atoms with Crippen molar-refractivity contribution in [1.29, 1.82) is 0 Å². The number of aryl methyl sites for hydroxylation is 3. The summed E-state index contributed by atoms with van der Waals surface area (Å²) < 4.78 is 0. The summed E-state index contributed by atoms with van der Waals surface area (Å²) in [6.07, 6.45) is 5.67. The molecule has 0 spiro atoms. The largest absolute Gasteiger partial charge is 0.342 e. The Bertz CT molecular complexity index is 681. The molecule has 0 radical (unpaired) electrons. The quantitative estimate of drug-likeness (QED) is 0.844. The van der Waals surface area contributed by atoms with Crippen molar-refractivity contribution in [3.05, 3.63) is 28.8 Å². The van der Waals surface area contributed by atoms with Crippen LogP contribution in [0.3, 0.4) is 0 Å². The third-order valence-electron chi connectivity index (χ3n) is 6.34. The monoisotopic (exact) mass is 370 g/mol. The fraction of sp³-hybridized carbons (Fsp3) is 0.652. The van der Waals surface area contributed by atoms with Crippen LogP contribution in [0.15, 0.2) is 12.1 Å². The molecule has 2 aliphatic rings. The van der Waals surface area contributed by atoms with E-state index in [0.29, 0.717) is 11.8 Å². The Morgan fingerprint density at radius 1 is 0.963 bits per heavy atom. The average molecular weight is 371 g/mol. The lowest BCUT2D eigenvalue weighted by Crippen LogP contribution is -2.43. The number of anilines is 1. The fourth-order valence-corrected chi connectivity index (χ4v) is 4.85. The Morgan fingerprint density at radius 2 is 1.56 bits per heavy atom. The van der Waals surface area contributed by atoms with Gasteiger partial charge >= 0.3 is 0 Å². The predicted molar refractivity (Wildman–Crippen MR) is 110 cm³/mol. The summed E-state index contributed by atoms with van der Waals surface area (Å²) >= 11 is 0. The zero-order chi connectivity index (χ0) is 19.6.